The van der Waals surface area contributed by atoms with E-state index >= 15 is 0 Å². The van der Waals surface area contributed by atoms with Crippen LogP contribution in [0.1, 0.15) is 53.4 Å². The van der Waals surface area contributed by atoms with Crippen LogP contribution in [-0.4, -0.2) is 30.4 Å². The third-order valence-corrected chi connectivity index (χ3v) is 11.1. The number of fused-ring (bicyclic) bond motifs is 3. The Morgan fingerprint density at radius 1 is 0.925 bits per heavy atom. The van der Waals surface area contributed by atoms with Gasteiger partial charge in [0.2, 0.25) is 0 Å². The van der Waals surface area contributed by atoms with Crippen LogP contribution in [0.15, 0.2) is 72.5 Å². The zero-order valence-corrected chi connectivity index (χ0v) is 28.2. The van der Waals surface area contributed by atoms with Gasteiger partial charge in [0.1, 0.15) is 0 Å². The molecule has 0 aliphatic carbocycles. The average Bonchev–Trinajstić information content (AvgIpc) is 3.27. The van der Waals surface area contributed by atoms with Crippen LogP contribution >= 0.6 is 11.3 Å². The van der Waals surface area contributed by atoms with E-state index in [2.05, 4.69) is 60.7 Å². The summed E-state index contributed by atoms with van der Waals surface area (Å²) in [5, 5.41) is 14.9. The molecule has 0 aliphatic heterocycles. The summed E-state index contributed by atoms with van der Waals surface area (Å²) >= 11 is 2.14. The zero-order valence-electron chi connectivity index (χ0n) is 23.3. The van der Waals surface area contributed by atoms with Gasteiger partial charge in [0.25, 0.3) is 0 Å². The van der Waals surface area contributed by atoms with Gasteiger partial charge in [-0.2, -0.15) is 0 Å². The number of carbonyl (C=O) groups excluding carboxylic acids is 1. The molecular weight excluding hydrogens is 758 g/mol. The van der Waals surface area contributed by atoms with Crippen LogP contribution < -0.4 is 0 Å². The summed E-state index contributed by atoms with van der Waals surface area (Å²) in [6, 6.07) is 25.2. The van der Waals surface area contributed by atoms with Gasteiger partial charge in [-0.1, -0.05) is 27.7 Å². The van der Waals surface area contributed by atoms with Gasteiger partial charge in [0, 0.05) is 38.0 Å². The molecule has 0 atom stereocenters. The van der Waals surface area contributed by atoms with Crippen molar-refractivity contribution >= 4 is 82.1 Å². The number of carbonyl (C=O) groups is 1. The topological polar surface area (TPSA) is 50.2 Å². The van der Waals surface area contributed by atoms with E-state index in [4.69, 9.17) is 4.98 Å². The monoisotopic (exact) mass is 793 g/mol. The van der Waals surface area contributed by atoms with Crippen LogP contribution in [0.5, 0.6) is 0 Å². The molecule has 6 rings (SSSR count). The van der Waals surface area contributed by atoms with Crippen molar-refractivity contribution in [1.29, 1.82) is 0 Å². The minimum atomic E-state index is 0. The van der Waals surface area contributed by atoms with Crippen LogP contribution in [0.2, 0.25) is 0 Å². The number of benzene rings is 3. The van der Waals surface area contributed by atoms with Gasteiger partial charge in [-0.05, 0) is 25.7 Å². The molecule has 3 heterocycles. The molecule has 3 nitrogen and oxygen atoms in total. The quantitative estimate of drug-likeness (QED) is 0.0759. The van der Waals surface area contributed by atoms with Crippen molar-refractivity contribution < 1.29 is 30.0 Å². The normalized spacial score (nSPS) is 12.0. The first-order valence-corrected chi connectivity index (χ1v) is 16.4. The fraction of sp³-hybridized carbons (Fsp3) is 0.294. The van der Waals surface area contributed by atoms with Gasteiger partial charge in [-0.15, -0.1) is 0 Å². The third kappa shape index (κ3) is 5.98. The van der Waals surface area contributed by atoms with E-state index in [9.17, 15) is 9.90 Å². The van der Waals surface area contributed by atoms with E-state index in [0.717, 1.165) is 36.7 Å². The molecule has 209 valence electrons. The number of para-hydroxylation sites is 1. The molecule has 40 heavy (non-hydrogen) atoms. The van der Waals surface area contributed by atoms with Crippen LogP contribution in [0.4, 0.5) is 0 Å². The number of rotatable bonds is 7. The Balaban J connectivity index is 0.000000204. The van der Waals surface area contributed by atoms with E-state index in [1.807, 2.05) is 45.1 Å². The molecule has 0 saturated carbocycles. The summed E-state index contributed by atoms with van der Waals surface area (Å²) < 4.78 is 5.54. The number of thiophene rings is 1. The minimum absolute atomic E-state index is 0. The van der Waals surface area contributed by atoms with Crippen molar-refractivity contribution in [3.8, 4) is 0 Å². The molecule has 0 fully saturated rings. The van der Waals surface area contributed by atoms with Crippen LogP contribution in [0.25, 0.3) is 50.5 Å². The SMILES string of the molecule is CCC(CC)C(=O)/C=C(\O)C(CC)CC.[Ir].[c-]1ccc2sc3cccc4[se]c5cc6ccccc6nc5c1c2c34. The van der Waals surface area contributed by atoms with Crippen molar-refractivity contribution in [1.82, 2.24) is 4.98 Å². The summed E-state index contributed by atoms with van der Waals surface area (Å²) in [4.78, 5) is 16.8. The maximum atomic E-state index is 11.7. The van der Waals surface area contributed by atoms with E-state index in [0.29, 0.717) is 0 Å². The standard InChI is InChI=1S/C21H10NSSe.C13H24O2.Ir/c1-2-7-14-12(5-1)11-18-21(22-14)13-6-3-8-15-19(13)20-16(23-15)9-4-10-17(20)24-18;1-5-10(6-2)12(14)9-13(15)11(7-3)8-4;/h1-5,7-11H;9-11,14H,5-8H2,1-4H3;/q-1;;/b;12-9-;. The second kappa shape index (κ2) is 13.6. The van der Waals surface area contributed by atoms with Gasteiger partial charge in [-0.3, -0.25) is 4.79 Å². The fourth-order valence-electron chi connectivity index (χ4n) is 5.30. The molecule has 0 bridgehead atoms. The summed E-state index contributed by atoms with van der Waals surface area (Å²) in [6.45, 7) is 8.07. The Kier molecular flexibility index (Phi) is 10.4. The Hall–Kier alpha value is -2.33. The van der Waals surface area contributed by atoms with Gasteiger partial charge in [0.05, 0.1) is 5.76 Å². The van der Waals surface area contributed by atoms with E-state index in [-0.39, 0.29) is 58.0 Å². The number of allylic oxidation sites excluding steroid dienone is 2. The molecule has 6 heteroatoms. The number of ketones is 1. The average molecular weight is 792 g/mol. The second-order valence-electron chi connectivity index (χ2n) is 9.95. The first-order valence-electron chi connectivity index (χ1n) is 13.9. The van der Waals surface area contributed by atoms with E-state index < -0.39 is 0 Å². The van der Waals surface area contributed by atoms with Crippen molar-refractivity contribution in [2.24, 2.45) is 11.8 Å². The first-order chi connectivity index (χ1) is 19.0. The summed E-state index contributed by atoms with van der Waals surface area (Å²) in [5.41, 5.74) is 2.19. The Morgan fingerprint density at radius 3 is 2.35 bits per heavy atom. The van der Waals surface area contributed by atoms with E-state index in [1.165, 1.54) is 45.5 Å². The predicted octanol–water partition coefficient (Wildman–Crippen LogP) is 9.63. The van der Waals surface area contributed by atoms with Crippen LogP contribution in [0, 0.1) is 17.9 Å². The number of pyridine rings is 1. The van der Waals surface area contributed by atoms with Crippen LogP contribution in [0.3, 0.4) is 0 Å². The maximum absolute atomic E-state index is 11.7. The summed E-state index contributed by atoms with van der Waals surface area (Å²) in [5.74, 6) is 0.547. The molecule has 1 N–H and O–H groups in total. The number of hydrogen-bond acceptors (Lipinski definition) is 4. The Morgan fingerprint density at radius 2 is 1.62 bits per heavy atom. The number of aliphatic hydroxyl groups is 1. The van der Waals surface area contributed by atoms with Crippen molar-refractivity contribution in [2.75, 3.05) is 0 Å². The molecule has 6 aromatic rings. The van der Waals surface area contributed by atoms with Gasteiger partial charge >= 0.3 is 148 Å². The summed E-state index contributed by atoms with van der Waals surface area (Å²) in [6.07, 6.45) is 4.91. The fourth-order valence-corrected chi connectivity index (χ4v) is 8.95. The van der Waals surface area contributed by atoms with Crippen molar-refractivity contribution in [2.45, 2.75) is 53.4 Å². The number of aromatic nitrogens is 1. The van der Waals surface area contributed by atoms with Gasteiger partial charge in [-0.25, -0.2) is 0 Å². The van der Waals surface area contributed by atoms with Crippen LogP contribution in [-0.2, 0) is 24.9 Å². The second-order valence-corrected chi connectivity index (χ2v) is 13.3. The molecule has 3 aromatic heterocycles. The van der Waals surface area contributed by atoms with Crippen molar-refractivity contribution in [3.05, 3.63) is 78.6 Å². The molecule has 0 spiro atoms. The number of aliphatic hydroxyl groups excluding tert-OH is 1. The molecule has 0 saturated heterocycles. The number of hydrogen-bond donors (Lipinski definition) is 1. The molecule has 1 radical (unpaired) electrons. The molecule has 0 unspecified atom stereocenters. The third-order valence-electron chi connectivity index (χ3n) is 7.64. The zero-order chi connectivity index (χ0) is 27.5. The van der Waals surface area contributed by atoms with E-state index in [1.54, 1.807) is 0 Å². The number of nitrogens with zero attached hydrogens (tertiary/aromatic N) is 1. The Bertz CT molecular complexity index is 1810. The summed E-state index contributed by atoms with van der Waals surface area (Å²) in [7, 11) is 0. The van der Waals surface area contributed by atoms with Gasteiger partial charge < -0.3 is 5.11 Å². The van der Waals surface area contributed by atoms with Crippen molar-refractivity contribution in [3.63, 3.8) is 0 Å². The van der Waals surface area contributed by atoms with Gasteiger partial charge in [0.15, 0.2) is 5.78 Å². The Labute approximate surface area is 259 Å². The molecule has 0 amide bonds. The predicted molar refractivity (Wildman–Crippen MR) is 169 cm³/mol. The first kappa shape index (κ1) is 30.6. The molecule has 3 aromatic carbocycles. The molecule has 0 aliphatic rings. The molecular formula is C34H34IrNO2SSe-.